The highest BCUT2D eigenvalue weighted by Crippen LogP contribution is 2.58. The Morgan fingerprint density at radius 3 is 1.42 bits per heavy atom. The first-order valence-electron chi connectivity index (χ1n) is 45.3. The van der Waals surface area contributed by atoms with E-state index in [-0.39, 0.29) is 114 Å². The Hall–Kier alpha value is -8.21. The molecule has 3 aromatic carbocycles. The molecule has 3 aromatic heterocycles. The number of benzene rings is 3. The van der Waals surface area contributed by atoms with E-state index >= 15 is 0 Å². The Morgan fingerprint density at radius 1 is 0.587 bits per heavy atom. The summed E-state index contributed by atoms with van der Waals surface area (Å²) in [5.41, 5.74) is -1.80. The van der Waals surface area contributed by atoms with Crippen LogP contribution in [0.4, 0.5) is 22.8 Å². The third kappa shape index (κ3) is 30.0. The van der Waals surface area contributed by atoms with E-state index in [2.05, 4.69) is 41.8 Å². The van der Waals surface area contributed by atoms with Crippen LogP contribution in [0.3, 0.4) is 0 Å². The molecule has 5 fully saturated rings. The minimum atomic E-state index is -3.57. The van der Waals surface area contributed by atoms with Crippen LogP contribution in [-0.2, 0) is 62.2 Å². The molecular weight excluding hydrogens is 1680 g/mol. The van der Waals surface area contributed by atoms with Crippen molar-refractivity contribution in [1.29, 1.82) is 0 Å². The Bertz CT molecular complexity index is 4870. The molecule has 3 radical (unpaired) electrons. The molecule has 2 saturated carbocycles. The van der Waals surface area contributed by atoms with Crippen LogP contribution in [-0.4, -0.2) is 205 Å². The zero-order valence-corrected chi connectivity index (χ0v) is 76.4. The molecule has 28 nitrogen and oxygen atoms in total. The largest absolute Gasteiger partial charge is 0.481 e. The highest BCUT2D eigenvalue weighted by molar-refractivity contribution is 7.90. The van der Waals surface area contributed by atoms with Crippen LogP contribution in [0.25, 0.3) is 33.1 Å². The molecule has 0 bridgehead atoms. The number of ether oxygens (including phenoxy) is 8. The third-order valence-corrected chi connectivity index (χ3v) is 21.4. The van der Waals surface area contributed by atoms with Crippen LogP contribution in [0.1, 0.15) is 202 Å². The van der Waals surface area contributed by atoms with Crippen LogP contribution in [0, 0.1) is 64.3 Å². The van der Waals surface area contributed by atoms with E-state index in [0.717, 1.165) is 49.8 Å². The number of amides is 2. The average molecular weight is 1820 g/mol. The van der Waals surface area contributed by atoms with Crippen molar-refractivity contribution >= 4 is 141 Å². The number of carboxylic acid groups (broad SMARTS) is 1. The van der Waals surface area contributed by atoms with Gasteiger partial charge in [0, 0.05) is 75.0 Å². The van der Waals surface area contributed by atoms with E-state index in [9.17, 15) is 65.4 Å². The number of fused-ring (bicyclic) bond motifs is 4. The van der Waals surface area contributed by atoms with E-state index in [1.807, 2.05) is 54.5 Å². The summed E-state index contributed by atoms with van der Waals surface area (Å²) in [4.78, 5) is 114. The number of likely N-dealkylation sites (tertiary alicyclic amines) is 2. The molecule has 2 aliphatic carbocycles. The number of aliphatic hydroxyl groups excluding tert-OH is 1. The second kappa shape index (κ2) is 41.5. The minimum Gasteiger partial charge on any atom is -0.481 e. The van der Waals surface area contributed by atoms with Crippen molar-refractivity contribution in [3.63, 3.8) is 0 Å². The van der Waals surface area contributed by atoms with Gasteiger partial charge in [-0.2, -0.15) is 0 Å². The topological polar surface area (TPSA) is 364 Å². The van der Waals surface area contributed by atoms with Gasteiger partial charge in [0.25, 0.3) is 11.8 Å². The number of β-amino-alcohol motifs (C(OH)–C–C–N with tert-alkyl or cyclic N) is 1. The molecule has 679 valence electrons. The number of sulfone groups is 1. The predicted molar refractivity (Wildman–Crippen MR) is 466 cm³/mol. The van der Waals surface area contributed by atoms with Crippen molar-refractivity contribution in [3.05, 3.63) is 100 Å². The molecule has 14 atom stereocenters. The SMILES string of the molecule is C=CCCC[C@@H]1[C@H]2C[C@H]2C[C@H]1OC(=O)C[C@H](C(=O)O)C(C)(C)C.CS(=O)(=O)c1nc2cc(F)ccc2nc1Cl.C[C@@H]1[C@@H](Oc2nc3cc(F)ccc3nc2Cl)CN(C(=O)OC(C)(C)C)[C@@H]1C(=O)OC(C)(C)C.C[C@@H]1[C@@H](Oc2nc3cc(F)ccc3nc2Cl)CN[C@@H]1C(=O)OC(C)(C)C.C[C@H]1[C@@H](C(=O)OC(C)(C)C)N(C(=O)OC(C)(C)C)C[C@@H]1O.Cl.[2H][2H].[2H][2H].[2H][2H].[2H][2H].[2H][2H].[2H][2H].[B]. The fourth-order valence-corrected chi connectivity index (χ4v) is 15.3. The molecule has 11 rings (SSSR count). The number of aliphatic hydroxyl groups is 1. The van der Waals surface area contributed by atoms with Crippen molar-refractivity contribution in [1.82, 2.24) is 45.0 Å². The summed E-state index contributed by atoms with van der Waals surface area (Å²) in [7, 11) is -3.57. The number of hydrogen-bond donors (Lipinski definition) is 3. The molecule has 2 amide bonds. The summed E-state index contributed by atoms with van der Waals surface area (Å²) in [5.74, 6) is -3.82. The van der Waals surface area contributed by atoms with Gasteiger partial charge in [-0.25, -0.2) is 70.7 Å². The number of nitrogens with one attached hydrogen (secondary N) is 1. The van der Waals surface area contributed by atoms with Crippen LogP contribution in [0.15, 0.2) is 72.3 Å². The number of aliphatic carboxylic acids is 1. The molecule has 6 heterocycles. The standard InChI is InChI=1S/C23H29ClFN3O5.C19H30O4.C18H21ClFN3O3.C15H27NO5.C9H6ClFN2O2S.B.ClH.6H2/c1-12-16(31-19-18(24)26-14-9-8-13(25)10-15(14)27-19)11-28(21(30)33-23(5,6)7)17(12)20(29)32-22(2,3)4;1-5-6-7-8-13-14-9-12(14)10-16(13)23-17(20)11-15(18(21)22)19(2,3)4;1-9-13(8-21-14(9)17(24)26-18(2,3)4)25-16-15(19)22-11-6-5-10(20)7-12(11)23-16;1-9-10(17)8-16(13(19)21-15(5,6)7)11(9)12(18)20-14(2,3)4;1-16(14,15)9-8(10)12-6-3-2-5(11)4-7(6)13-9;;;;;;;;/h8-10,12,16-17H,11H2,1-7H3;5,12-16H,1,6-11H2,2-4H3,(H,21,22);5-7,9,13-14,21H,8H2,1-4H3;9-11,17H,8H2,1-7H3;2-4H,1H3;;7*1H/t12-,16+,17+;12-,13+,14-,15+,16+;9-,13+,14+;9-,10+,11+;;;;;;;;;/m1011........./s1/i;;;;;;;6*1+1D. The monoisotopic (exact) mass is 1820 g/mol. The van der Waals surface area contributed by atoms with E-state index < -0.39 is 139 Å². The van der Waals surface area contributed by atoms with Crippen LogP contribution < -0.4 is 14.8 Å². The van der Waals surface area contributed by atoms with Crippen LogP contribution in [0.2, 0.25) is 15.5 Å². The van der Waals surface area contributed by atoms with Crippen LogP contribution in [0.5, 0.6) is 11.8 Å². The number of carbonyl (C=O) groups excluding carboxylic acids is 6. The molecule has 0 spiro atoms. The number of allylic oxidation sites excluding steroid dienone is 1. The second-order valence-electron chi connectivity index (χ2n) is 36.5. The maximum atomic E-state index is 13.6. The van der Waals surface area contributed by atoms with Crippen LogP contribution >= 0.6 is 47.2 Å². The minimum absolute atomic E-state index is 0. The number of nitrogens with zero attached hydrogens (tertiary/aromatic N) is 8. The first-order chi connectivity index (χ1) is 60.7. The summed E-state index contributed by atoms with van der Waals surface area (Å²) in [6.45, 7) is 41.7. The average Bonchev–Trinajstić information content (AvgIpc) is 1.61. The van der Waals surface area contributed by atoms with E-state index in [0.29, 0.717) is 34.5 Å². The highest BCUT2D eigenvalue weighted by Gasteiger charge is 2.55. The van der Waals surface area contributed by atoms with Gasteiger partial charge >= 0.3 is 42.0 Å². The maximum Gasteiger partial charge on any atom is 0.411 e. The van der Waals surface area contributed by atoms with Crippen molar-refractivity contribution in [2.45, 2.75) is 259 Å². The number of unbranched alkanes of at least 4 members (excludes halogenated alkanes) is 1. The lowest BCUT2D eigenvalue weighted by Crippen LogP contribution is -2.47. The predicted octanol–water partition coefficient (Wildman–Crippen LogP) is 17.2. The van der Waals surface area contributed by atoms with Gasteiger partial charge < -0.3 is 53.4 Å². The number of hydrogen-bond acceptors (Lipinski definition) is 25. The Kier molecular flexibility index (Phi) is 32.1. The quantitative estimate of drug-likeness (QED) is 0.0266. The fraction of sp³-hybridized carbons (Fsp3) is 0.607. The fourth-order valence-electron chi connectivity index (χ4n) is 13.8. The Morgan fingerprint density at radius 2 is 1.00 bits per heavy atom. The molecule has 5 aliphatic rings. The number of esters is 4. The molecule has 37 heteroatoms. The Labute approximate surface area is 747 Å². The van der Waals surface area contributed by atoms with Gasteiger partial charge in [-0.05, 0) is 196 Å². The number of aromatic nitrogens is 6. The first-order valence-corrected chi connectivity index (χ1v) is 42.3. The summed E-state index contributed by atoms with van der Waals surface area (Å²) in [5, 5.41) is 22.0. The maximum absolute atomic E-state index is 13.6. The highest BCUT2D eigenvalue weighted by atomic mass is 35.5. The molecule has 3 N–H and O–H groups in total. The first kappa shape index (κ1) is 93.5. The van der Waals surface area contributed by atoms with Crippen molar-refractivity contribution in [2.24, 2.45) is 46.8 Å². The zero-order chi connectivity index (χ0) is 101. The van der Waals surface area contributed by atoms with Gasteiger partial charge in [0.2, 0.25) is 0 Å². The molecule has 3 aliphatic heterocycles. The van der Waals surface area contributed by atoms with Gasteiger partial charge in [0.1, 0.15) is 81.9 Å². The number of carboxylic acids is 1. The van der Waals surface area contributed by atoms with Gasteiger partial charge in [-0.3, -0.25) is 24.2 Å². The zero-order valence-electron chi connectivity index (χ0n) is 84.5. The van der Waals surface area contributed by atoms with Gasteiger partial charge in [0.05, 0.1) is 64.6 Å². The summed E-state index contributed by atoms with van der Waals surface area (Å²) in [6.07, 6.45) is 5.21. The number of halogens is 7. The number of rotatable bonds is 16. The lowest BCUT2D eigenvalue weighted by molar-refractivity contribution is -0.162. The van der Waals surface area contributed by atoms with Crippen molar-refractivity contribution < 1.29 is 121 Å². The van der Waals surface area contributed by atoms with Gasteiger partial charge in [-0.15, -0.1) is 19.0 Å². The Balaban J connectivity index is 0. The molecule has 121 heavy (non-hydrogen) atoms. The van der Waals surface area contributed by atoms with Crippen molar-refractivity contribution in [2.75, 3.05) is 25.9 Å². The summed E-state index contributed by atoms with van der Waals surface area (Å²) in [6, 6.07) is 9.47. The second-order valence-corrected chi connectivity index (χ2v) is 39.5. The van der Waals surface area contributed by atoms with E-state index in [1.54, 1.807) is 96.9 Å². The lowest BCUT2D eigenvalue weighted by Gasteiger charge is -2.30. The van der Waals surface area contributed by atoms with E-state index in [4.69, 9.17) is 90.5 Å². The molecule has 0 unspecified atom stereocenters. The van der Waals surface area contributed by atoms with Gasteiger partial charge in [0.15, 0.2) is 30.3 Å². The van der Waals surface area contributed by atoms with E-state index in [1.165, 1.54) is 64.8 Å². The third-order valence-electron chi connectivity index (χ3n) is 19.5. The molecule has 6 aromatic rings. The molecular formula is C84H126BCl4F3N9O19S. The smallest absolute Gasteiger partial charge is 0.411 e. The molecule has 3 saturated heterocycles. The van der Waals surface area contributed by atoms with Crippen molar-refractivity contribution in [3.8, 4) is 11.8 Å². The lowest BCUT2D eigenvalue weighted by atomic mass is 9.79. The van der Waals surface area contributed by atoms with Gasteiger partial charge in [-0.1, -0.05) is 82.4 Å². The number of carbonyl (C=O) groups is 7. The summed E-state index contributed by atoms with van der Waals surface area (Å²) < 4.78 is 167. The summed E-state index contributed by atoms with van der Waals surface area (Å²) >= 11 is 18.1. The normalized spacial score (nSPS) is 23.2.